The molecule has 0 atom stereocenters. The van der Waals surface area contributed by atoms with Crippen LogP contribution < -0.4 is 5.73 Å². The summed E-state index contributed by atoms with van der Waals surface area (Å²) in [6.45, 7) is 3.24. The Bertz CT molecular complexity index is 915. The number of carbonyl (C=O) groups excluding carboxylic acids is 2. The van der Waals surface area contributed by atoms with Crippen LogP contribution >= 0.6 is 0 Å². The molecule has 4 rings (SSSR count). The third-order valence-corrected chi connectivity index (χ3v) is 6.69. The first kappa shape index (κ1) is 21.5. The van der Waals surface area contributed by atoms with Crippen molar-refractivity contribution in [3.05, 3.63) is 71.0 Å². The smallest absolute Gasteiger partial charge is 0.319 e. The molecule has 2 aromatic rings. The number of rotatable bonds is 4. The van der Waals surface area contributed by atoms with Crippen LogP contribution in [0.5, 0.6) is 0 Å². The van der Waals surface area contributed by atoms with Gasteiger partial charge in [0.1, 0.15) is 5.82 Å². The van der Waals surface area contributed by atoms with Crippen molar-refractivity contribution in [1.29, 1.82) is 0 Å². The zero-order chi connectivity index (χ0) is 21.8. The van der Waals surface area contributed by atoms with Gasteiger partial charge in [-0.15, -0.1) is 0 Å². The highest BCUT2D eigenvalue weighted by molar-refractivity contribution is 5.98. The number of nitrogens with two attached hydrogens (primary N) is 1. The largest absolute Gasteiger partial charge is 0.326 e. The number of ketones is 1. The summed E-state index contributed by atoms with van der Waals surface area (Å²) in [4.78, 5) is 29.5. The van der Waals surface area contributed by atoms with Crippen molar-refractivity contribution < 1.29 is 14.0 Å². The van der Waals surface area contributed by atoms with E-state index in [1.54, 1.807) is 12.1 Å². The van der Waals surface area contributed by atoms with Gasteiger partial charge in [0.15, 0.2) is 5.78 Å². The molecule has 2 aliphatic heterocycles. The number of hydrogen-bond donors (Lipinski definition) is 1. The highest BCUT2D eigenvalue weighted by Crippen LogP contribution is 2.30. The number of urea groups is 1. The topological polar surface area (TPSA) is 66.6 Å². The molecule has 5 nitrogen and oxygen atoms in total. The Morgan fingerprint density at radius 1 is 0.903 bits per heavy atom. The fraction of sp³-hybridized carbons (Fsp3) is 0.440. The lowest BCUT2D eigenvalue weighted by atomic mass is 9.88. The van der Waals surface area contributed by atoms with Crippen molar-refractivity contribution >= 4 is 11.8 Å². The number of halogens is 1. The highest BCUT2D eigenvalue weighted by Gasteiger charge is 2.32. The van der Waals surface area contributed by atoms with E-state index in [2.05, 4.69) is 18.2 Å². The van der Waals surface area contributed by atoms with Crippen LogP contribution in [0.2, 0.25) is 0 Å². The van der Waals surface area contributed by atoms with Gasteiger partial charge in [0.25, 0.3) is 0 Å². The van der Waals surface area contributed by atoms with Crippen molar-refractivity contribution in [2.75, 3.05) is 26.2 Å². The molecule has 0 radical (unpaired) electrons. The highest BCUT2D eigenvalue weighted by atomic mass is 19.1. The van der Waals surface area contributed by atoms with E-state index >= 15 is 0 Å². The Labute approximate surface area is 183 Å². The van der Waals surface area contributed by atoms with Gasteiger partial charge in [-0.2, -0.15) is 0 Å². The summed E-state index contributed by atoms with van der Waals surface area (Å²) in [5.74, 6) is 0.0742. The zero-order valence-electron chi connectivity index (χ0n) is 17.8. The van der Waals surface area contributed by atoms with Crippen molar-refractivity contribution in [1.82, 2.24) is 9.80 Å². The minimum absolute atomic E-state index is 0.0487. The second-order valence-electron chi connectivity index (χ2n) is 8.63. The number of Topliss-reactive ketones (excluding diaryl/α,β-unsaturated/α-hetero) is 1. The Hall–Kier alpha value is -2.73. The van der Waals surface area contributed by atoms with Gasteiger partial charge in [0.05, 0.1) is 0 Å². The summed E-state index contributed by atoms with van der Waals surface area (Å²) in [6.07, 6.45) is 3.23. The van der Waals surface area contributed by atoms with Crippen LogP contribution in [0.25, 0.3) is 0 Å². The minimum atomic E-state index is -0.340. The lowest BCUT2D eigenvalue weighted by Gasteiger charge is -2.38. The standard InChI is InChI=1S/C25H30FN3O2/c26-23-6-4-20(5-7-23)24(30)21-10-14-29(15-11-21)25(31)28-12-8-19(9-13-28)22-3-1-2-18(16-22)17-27/h1-7,16,19,21H,8-15,17,27H2. The zero-order valence-corrected chi connectivity index (χ0v) is 17.8. The first-order valence-electron chi connectivity index (χ1n) is 11.2. The monoisotopic (exact) mass is 423 g/mol. The molecule has 0 aliphatic carbocycles. The second-order valence-corrected chi connectivity index (χ2v) is 8.63. The van der Waals surface area contributed by atoms with Gasteiger partial charge < -0.3 is 15.5 Å². The van der Waals surface area contributed by atoms with E-state index in [-0.39, 0.29) is 23.5 Å². The van der Waals surface area contributed by atoms with Crippen molar-refractivity contribution in [3.8, 4) is 0 Å². The summed E-state index contributed by atoms with van der Waals surface area (Å²) in [5, 5.41) is 0. The number of carbonyl (C=O) groups is 2. The molecule has 2 N–H and O–H groups in total. The molecule has 31 heavy (non-hydrogen) atoms. The minimum Gasteiger partial charge on any atom is -0.326 e. The van der Waals surface area contributed by atoms with E-state index in [9.17, 15) is 14.0 Å². The van der Waals surface area contributed by atoms with Crippen molar-refractivity contribution in [2.24, 2.45) is 11.7 Å². The fourth-order valence-electron chi connectivity index (χ4n) is 4.76. The van der Waals surface area contributed by atoms with E-state index in [4.69, 9.17) is 5.73 Å². The van der Waals surface area contributed by atoms with Gasteiger partial charge in [0.2, 0.25) is 0 Å². The third-order valence-electron chi connectivity index (χ3n) is 6.69. The number of likely N-dealkylation sites (tertiary alicyclic amines) is 2. The molecule has 2 aromatic carbocycles. The molecule has 2 fully saturated rings. The van der Waals surface area contributed by atoms with E-state index in [1.807, 2.05) is 15.9 Å². The van der Waals surface area contributed by atoms with Crippen LogP contribution in [-0.2, 0) is 6.54 Å². The van der Waals surface area contributed by atoms with Gasteiger partial charge in [-0.05, 0) is 67.0 Å². The predicted molar refractivity (Wildman–Crippen MR) is 118 cm³/mol. The van der Waals surface area contributed by atoms with E-state index in [0.29, 0.717) is 44.0 Å². The number of benzene rings is 2. The number of amides is 2. The first-order chi connectivity index (χ1) is 15.0. The maximum Gasteiger partial charge on any atom is 0.319 e. The Morgan fingerprint density at radius 3 is 2.13 bits per heavy atom. The Kier molecular flexibility index (Phi) is 6.66. The molecular formula is C25H30FN3O2. The van der Waals surface area contributed by atoms with E-state index in [0.717, 1.165) is 31.5 Å². The van der Waals surface area contributed by atoms with Gasteiger partial charge in [-0.25, -0.2) is 9.18 Å². The van der Waals surface area contributed by atoms with Gasteiger partial charge >= 0.3 is 6.03 Å². The fourth-order valence-corrected chi connectivity index (χ4v) is 4.76. The lowest BCUT2D eigenvalue weighted by molar-refractivity contribution is 0.0825. The first-order valence-corrected chi connectivity index (χ1v) is 11.2. The van der Waals surface area contributed by atoms with E-state index < -0.39 is 0 Å². The van der Waals surface area contributed by atoms with Gasteiger partial charge in [-0.3, -0.25) is 4.79 Å². The third kappa shape index (κ3) is 4.96. The summed E-state index contributed by atoms with van der Waals surface area (Å²) < 4.78 is 13.1. The number of hydrogen-bond acceptors (Lipinski definition) is 3. The van der Waals surface area contributed by atoms with Gasteiger partial charge in [-0.1, -0.05) is 24.3 Å². The summed E-state index contributed by atoms with van der Waals surface area (Å²) in [7, 11) is 0. The average Bonchev–Trinajstić information content (AvgIpc) is 2.84. The molecule has 2 amide bonds. The van der Waals surface area contributed by atoms with Crippen LogP contribution in [0.3, 0.4) is 0 Å². The van der Waals surface area contributed by atoms with Crippen LogP contribution in [-0.4, -0.2) is 47.8 Å². The quantitative estimate of drug-likeness (QED) is 0.751. The maximum atomic E-state index is 13.1. The lowest BCUT2D eigenvalue weighted by Crippen LogP contribution is -2.49. The molecule has 2 saturated heterocycles. The SMILES string of the molecule is NCc1cccc(C2CCN(C(=O)N3CCC(C(=O)c4ccc(F)cc4)CC3)CC2)c1. The van der Waals surface area contributed by atoms with Crippen LogP contribution in [0.1, 0.15) is 53.1 Å². The molecule has 0 saturated carbocycles. The van der Waals surface area contributed by atoms with Crippen LogP contribution in [0.4, 0.5) is 9.18 Å². The molecule has 2 heterocycles. The summed E-state index contributed by atoms with van der Waals surface area (Å²) in [6, 6.07) is 14.3. The molecule has 164 valence electrons. The Balaban J connectivity index is 1.27. The second kappa shape index (κ2) is 9.60. The molecule has 0 bridgehead atoms. The average molecular weight is 424 g/mol. The van der Waals surface area contributed by atoms with Crippen molar-refractivity contribution in [2.45, 2.75) is 38.1 Å². The molecule has 6 heteroatoms. The van der Waals surface area contributed by atoms with Crippen LogP contribution in [0.15, 0.2) is 48.5 Å². The number of piperidine rings is 2. The van der Waals surface area contributed by atoms with E-state index in [1.165, 1.54) is 17.7 Å². The summed E-state index contributed by atoms with van der Waals surface area (Å²) >= 11 is 0. The molecule has 0 spiro atoms. The van der Waals surface area contributed by atoms with Crippen LogP contribution in [0, 0.1) is 11.7 Å². The molecular weight excluding hydrogens is 393 g/mol. The molecule has 0 unspecified atom stereocenters. The normalized spacial score (nSPS) is 18.3. The number of nitrogens with zero attached hydrogens (tertiary/aromatic N) is 2. The molecule has 0 aromatic heterocycles. The maximum absolute atomic E-state index is 13.1. The molecule has 2 aliphatic rings. The van der Waals surface area contributed by atoms with Gasteiger partial charge in [0, 0.05) is 44.2 Å². The van der Waals surface area contributed by atoms with Crippen molar-refractivity contribution in [3.63, 3.8) is 0 Å². The predicted octanol–water partition coefficient (Wildman–Crippen LogP) is 4.18. The summed E-state index contributed by atoms with van der Waals surface area (Å²) in [5.41, 5.74) is 8.78. The Morgan fingerprint density at radius 2 is 1.52 bits per heavy atom.